The summed E-state index contributed by atoms with van der Waals surface area (Å²) in [6.07, 6.45) is 0. The van der Waals surface area contributed by atoms with E-state index in [-0.39, 0.29) is 0 Å². The Labute approximate surface area is 113 Å². The van der Waals surface area contributed by atoms with Crippen LogP contribution in [0.1, 0.15) is 6.92 Å². The number of nitrogens with two attached hydrogens (primary N) is 1. The molecular formula is C15H20N4. The predicted octanol–water partition coefficient (Wildman–Crippen LogP) is 1.96. The molecule has 3 rings (SSSR count). The first-order valence-corrected chi connectivity index (χ1v) is 6.75. The van der Waals surface area contributed by atoms with Crippen LogP contribution in [0.4, 0.5) is 11.5 Å². The van der Waals surface area contributed by atoms with Crippen LogP contribution in [0.25, 0.3) is 10.9 Å². The molecule has 0 bridgehead atoms. The number of nitrogens with zero attached hydrogens (tertiary/aromatic N) is 3. The molecule has 1 aliphatic heterocycles. The predicted molar refractivity (Wildman–Crippen MR) is 80.5 cm³/mol. The van der Waals surface area contributed by atoms with Crippen molar-refractivity contribution in [2.45, 2.75) is 13.0 Å². The fourth-order valence-electron chi connectivity index (χ4n) is 2.77. The Morgan fingerprint density at radius 3 is 2.84 bits per heavy atom. The molecular weight excluding hydrogens is 236 g/mol. The van der Waals surface area contributed by atoms with Crippen LogP contribution in [0.2, 0.25) is 0 Å². The lowest BCUT2D eigenvalue weighted by atomic mass is 10.1. The SMILES string of the molecule is CC1CN(C)CCN1c1ccc2cc(N)ccc2n1. The van der Waals surface area contributed by atoms with Crippen LogP contribution < -0.4 is 10.6 Å². The summed E-state index contributed by atoms with van der Waals surface area (Å²) in [4.78, 5) is 9.52. The summed E-state index contributed by atoms with van der Waals surface area (Å²) in [6, 6.07) is 10.6. The highest BCUT2D eigenvalue weighted by molar-refractivity contribution is 5.83. The molecule has 0 aliphatic carbocycles. The summed E-state index contributed by atoms with van der Waals surface area (Å²) in [5.74, 6) is 1.07. The van der Waals surface area contributed by atoms with E-state index in [0.717, 1.165) is 42.0 Å². The van der Waals surface area contributed by atoms with Crippen molar-refractivity contribution >= 4 is 22.4 Å². The van der Waals surface area contributed by atoms with Crippen LogP contribution in [0, 0.1) is 0 Å². The minimum atomic E-state index is 0.498. The Morgan fingerprint density at radius 1 is 1.21 bits per heavy atom. The normalized spacial score (nSPS) is 20.9. The Hall–Kier alpha value is -1.81. The number of fused-ring (bicyclic) bond motifs is 1. The highest BCUT2D eigenvalue weighted by Crippen LogP contribution is 2.22. The molecule has 1 fully saturated rings. The van der Waals surface area contributed by atoms with Crippen LogP contribution >= 0.6 is 0 Å². The van der Waals surface area contributed by atoms with E-state index in [1.54, 1.807) is 0 Å². The zero-order chi connectivity index (χ0) is 13.4. The van der Waals surface area contributed by atoms with Crippen molar-refractivity contribution in [3.63, 3.8) is 0 Å². The van der Waals surface area contributed by atoms with Gasteiger partial charge in [-0.25, -0.2) is 4.98 Å². The highest BCUT2D eigenvalue weighted by Gasteiger charge is 2.22. The molecule has 19 heavy (non-hydrogen) atoms. The molecule has 0 spiro atoms. The molecule has 2 N–H and O–H groups in total. The Bertz CT molecular complexity index is 596. The van der Waals surface area contributed by atoms with Crippen molar-refractivity contribution in [2.75, 3.05) is 37.3 Å². The molecule has 1 aliphatic rings. The number of likely N-dealkylation sites (N-methyl/N-ethyl adjacent to an activating group) is 1. The molecule has 2 aromatic rings. The maximum atomic E-state index is 5.80. The summed E-state index contributed by atoms with van der Waals surface area (Å²) in [7, 11) is 2.17. The van der Waals surface area contributed by atoms with E-state index in [1.807, 2.05) is 18.2 Å². The Balaban J connectivity index is 1.95. The van der Waals surface area contributed by atoms with Crippen molar-refractivity contribution < 1.29 is 0 Å². The van der Waals surface area contributed by atoms with Gasteiger partial charge in [-0.3, -0.25) is 0 Å². The molecule has 1 unspecified atom stereocenters. The van der Waals surface area contributed by atoms with Crippen molar-refractivity contribution in [3.8, 4) is 0 Å². The van der Waals surface area contributed by atoms with Gasteiger partial charge in [0, 0.05) is 36.7 Å². The number of benzene rings is 1. The lowest BCUT2D eigenvalue weighted by Crippen LogP contribution is -2.50. The van der Waals surface area contributed by atoms with Gasteiger partial charge in [-0.1, -0.05) is 0 Å². The highest BCUT2D eigenvalue weighted by atomic mass is 15.3. The zero-order valence-electron chi connectivity index (χ0n) is 11.5. The van der Waals surface area contributed by atoms with Crippen molar-refractivity contribution in [3.05, 3.63) is 30.3 Å². The smallest absolute Gasteiger partial charge is 0.129 e. The van der Waals surface area contributed by atoms with Crippen molar-refractivity contribution in [2.24, 2.45) is 0 Å². The standard InChI is InChI=1S/C15H20N4/c1-11-10-18(2)7-8-19(11)15-6-3-12-9-13(16)4-5-14(12)17-15/h3-6,9,11H,7-8,10,16H2,1-2H3. The van der Waals surface area contributed by atoms with E-state index in [0.29, 0.717) is 6.04 Å². The molecule has 1 saturated heterocycles. The van der Waals surface area contributed by atoms with Crippen LogP contribution in [-0.4, -0.2) is 42.6 Å². The van der Waals surface area contributed by atoms with E-state index < -0.39 is 0 Å². The number of nitrogen functional groups attached to an aromatic ring is 1. The molecule has 4 heteroatoms. The first kappa shape index (κ1) is 12.2. The minimum Gasteiger partial charge on any atom is -0.399 e. The quantitative estimate of drug-likeness (QED) is 0.792. The first-order chi connectivity index (χ1) is 9.13. The average Bonchev–Trinajstić information content (AvgIpc) is 2.38. The topological polar surface area (TPSA) is 45.4 Å². The second kappa shape index (κ2) is 4.70. The van der Waals surface area contributed by atoms with Gasteiger partial charge >= 0.3 is 0 Å². The van der Waals surface area contributed by atoms with Gasteiger partial charge in [0.25, 0.3) is 0 Å². The second-order valence-electron chi connectivity index (χ2n) is 5.43. The van der Waals surface area contributed by atoms with E-state index in [2.05, 4.69) is 35.9 Å². The largest absolute Gasteiger partial charge is 0.399 e. The van der Waals surface area contributed by atoms with Gasteiger partial charge < -0.3 is 15.5 Å². The number of pyridine rings is 1. The van der Waals surface area contributed by atoms with E-state index in [9.17, 15) is 0 Å². The van der Waals surface area contributed by atoms with Gasteiger partial charge in [0.15, 0.2) is 0 Å². The lowest BCUT2D eigenvalue weighted by molar-refractivity contribution is 0.275. The molecule has 0 amide bonds. The number of hydrogen-bond donors (Lipinski definition) is 1. The van der Waals surface area contributed by atoms with Gasteiger partial charge in [-0.2, -0.15) is 0 Å². The lowest BCUT2D eigenvalue weighted by Gasteiger charge is -2.39. The molecule has 0 saturated carbocycles. The van der Waals surface area contributed by atoms with Crippen LogP contribution in [0.3, 0.4) is 0 Å². The van der Waals surface area contributed by atoms with Crippen LogP contribution in [0.5, 0.6) is 0 Å². The number of anilines is 2. The number of rotatable bonds is 1. The maximum Gasteiger partial charge on any atom is 0.129 e. The number of piperazine rings is 1. The number of aromatic nitrogens is 1. The molecule has 1 aromatic heterocycles. The van der Waals surface area contributed by atoms with Crippen molar-refractivity contribution in [1.29, 1.82) is 0 Å². The maximum absolute atomic E-state index is 5.80. The van der Waals surface area contributed by atoms with Crippen LogP contribution in [0.15, 0.2) is 30.3 Å². The summed E-state index contributed by atoms with van der Waals surface area (Å²) in [6.45, 7) is 5.46. The molecule has 2 heterocycles. The van der Waals surface area contributed by atoms with Gasteiger partial charge in [0.05, 0.1) is 5.52 Å². The summed E-state index contributed by atoms with van der Waals surface area (Å²) in [5.41, 5.74) is 7.60. The van der Waals surface area contributed by atoms with Crippen LogP contribution in [-0.2, 0) is 0 Å². The van der Waals surface area contributed by atoms with Gasteiger partial charge in [0.1, 0.15) is 5.82 Å². The molecule has 100 valence electrons. The summed E-state index contributed by atoms with van der Waals surface area (Å²) in [5, 5.41) is 1.10. The van der Waals surface area contributed by atoms with Gasteiger partial charge in [-0.05, 0) is 44.3 Å². The van der Waals surface area contributed by atoms with E-state index in [1.165, 1.54) is 0 Å². The summed E-state index contributed by atoms with van der Waals surface area (Å²) >= 11 is 0. The molecule has 1 aromatic carbocycles. The third kappa shape index (κ3) is 2.36. The average molecular weight is 256 g/mol. The zero-order valence-corrected chi connectivity index (χ0v) is 11.5. The molecule has 1 atom stereocenters. The number of hydrogen-bond acceptors (Lipinski definition) is 4. The summed E-state index contributed by atoms with van der Waals surface area (Å²) < 4.78 is 0. The van der Waals surface area contributed by atoms with Crippen molar-refractivity contribution in [1.82, 2.24) is 9.88 Å². The third-order valence-electron chi connectivity index (χ3n) is 3.82. The fourth-order valence-corrected chi connectivity index (χ4v) is 2.77. The van der Waals surface area contributed by atoms with Gasteiger partial charge in [-0.15, -0.1) is 0 Å². The van der Waals surface area contributed by atoms with Gasteiger partial charge in [0.2, 0.25) is 0 Å². The molecule has 0 radical (unpaired) electrons. The van der Waals surface area contributed by atoms with E-state index in [4.69, 9.17) is 10.7 Å². The Morgan fingerprint density at radius 2 is 2.05 bits per heavy atom. The van der Waals surface area contributed by atoms with E-state index >= 15 is 0 Å². The minimum absolute atomic E-state index is 0.498. The third-order valence-corrected chi connectivity index (χ3v) is 3.82. The Kier molecular flexibility index (Phi) is 3.03. The first-order valence-electron chi connectivity index (χ1n) is 6.75. The monoisotopic (exact) mass is 256 g/mol. The molecule has 4 nitrogen and oxygen atoms in total. The fraction of sp³-hybridized carbons (Fsp3) is 0.400. The second-order valence-corrected chi connectivity index (χ2v) is 5.43.